The summed E-state index contributed by atoms with van der Waals surface area (Å²) in [5.74, 6) is 1.64. The molecule has 98 valence electrons. The van der Waals surface area contributed by atoms with Crippen LogP contribution in [0, 0.1) is 0 Å². The number of aliphatic imine (C=N–C) groups is 1. The second-order valence-electron chi connectivity index (χ2n) is 4.83. The van der Waals surface area contributed by atoms with Crippen LogP contribution >= 0.6 is 24.0 Å². The van der Waals surface area contributed by atoms with Crippen LogP contribution in [0.25, 0.3) is 0 Å². The molecule has 0 amide bonds. The fourth-order valence-electron chi connectivity index (χ4n) is 2.73. The first-order chi connectivity index (χ1) is 8.43. The quantitative estimate of drug-likeness (QED) is 0.797. The van der Waals surface area contributed by atoms with Crippen LogP contribution in [0.2, 0.25) is 0 Å². The summed E-state index contributed by atoms with van der Waals surface area (Å²) >= 11 is 0. The number of rotatable bonds is 2. The zero-order chi connectivity index (χ0) is 11.5. The maximum atomic E-state index is 4.44. The molecule has 18 heavy (non-hydrogen) atoms. The predicted octanol–water partition coefficient (Wildman–Crippen LogP) is 2.27. The van der Waals surface area contributed by atoms with E-state index in [1.807, 2.05) is 0 Å². The van der Waals surface area contributed by atoms with Crippen LogP contribution < -0.4 is 10.6 Å². The Hall–Kier alpha value is -0.780. The highest BCUT2D eigenvalue weighted by Gasteiger charge is 2.21. The van der Waals surface area contributed by atoms with Crippen molar-refractivity contribution in [3.05, 3.63) is 35.4 Å². The van der Waals surface area contributed by atoms with Gasteiger partial charge in [-0.1, -0.05) is 24.3 Å². The van der Waals surface area contributed by atoms with E-state index >= 15 is 0 Å². The van der Waals surface area contributed by atoms with E-state index in [-0.39, 0.29) is 24.0 Å². The van der Waals surface area contributed by atoms with Crippen molar-refractivity contribution in [1.29, 1.82) is 0 Å². The minimum Gasteiger partial charge on any atom is -0.356 e. The highest BCUT2D eigenvalue weighted by molar-refractivity contribution is 14.0. The number of nitrogens with one attached hydrogen (secondary N) is 2. The Morgan fingerprint density at radius 2 is 2.22 bits per heavy atom. The monoisotopic (exact) mass is 357 g/mol. The molecule has 2 N–H and O–H groups in total. The normalized spacial score (nSPS) is 21.3. The summed E-state index contributed by atoms with van der Waals surface area (Å²) in [5.41, 5.74) is 3.05. The molecule has 4 heteroatoms. The van der Waals surface area contributed by atoms with Crippen molar-refractivity contribution in [2.45, 2.75) is 25.2 Å². The molecule has 0 spiro atoms. The van der Waals surface area contributed by atoms with Crippen molar-refractivity contribution in [3.8, 4) is 0 Å². The molecule has 0 fully saturated rings. The Morgan fingerprint density at radius 1 is 1.33 bits per heavy atom. The first-order valence-corrected chi connectivity index (χ1v) is 6.53. The number of guanidine groups is 1. The van der Waals surface area contributed by atoms with Crippen molar-refractivity contribution in [2.75, 3.05) is 19.6 Å². The summed E-state index contributed by atoms with van der Waals surface area (Å²) in [6.07, 6.45) is 3.64. The van der Waals surface area contributed by atoms with Gasteiger partial charge in [0.1, 0.15) is 0 Å². The van der Waals surface area contributed by atoms with Gasteiger partial charge in [0.05, 0.1) is 0 Å². The highest BCUT2D eigenvalue weighted by Crippen LogP contribution is 2.31. The van der Waals surface area contributed by atoms with E-state index in [0.29, 0.717) is 5.92 Å². The molecule has 1 atom stereocenters. The molecule has 0 saturated carbocycles. The summed E-state index contributed by atoms with van der Waals surface area (Å²) < 4.78 is 0. The van der Waals surface area contributed by atoms with Crippen LogP contribution in [0.15, 0.2) is 29.3 Å². The minimum absolute atomic E-state index is 0. The van der Waals surface area contributed by atoms with Crippen LogP contribution in [0.1, 0.15) is 29.9 Å². The van der Waals surface area contributed by atoms with E-state index in [4.69, 9.17) is 0 Å². The lowest BCUT2D eigenvalue weighted by molar-refractivity contribution is 0.628. The summed E-state index contributed by atoms with van der Waals surface area (Å²) in [7, 11) is 0. The van der Waals surface area contributed by atoms with Crippen LogP contribution in [-0.2, 0) is 6.42 Å². The zero-order valence-electron chi connectivity index (χ0n) is 10.5. The van der Waals surface area contributed by atoms with E-state index in [2.05, 4.69) is 39.9 Å². The van der Waals surface area contributed by atoms with Gasteiger partial charge in [-0.2, -0.15) is 0 Å². The Balaban J connectivity index is 0.00000120. The molecule has 1 aliphatic heterocycles. The average Bonchev–Trinajstić information content (AvgIpc) is 2.81. The lowest BCUT2D eigenvalue weighted by atomic mass is 10.0. The number of hydrogen-bond acceptors (Lipinski definition) is 3. The average molecular weight is 357 g/mol. The fourth-order valence-corrected chi connectivity index (χ4v) is 2.73. The largest absolute Gasteiger partial charge is 0.356 e. The lowest BCUT2D eigenvalue weighted by Gasteiger charge is -2.19. The van der Waals surface area contributed by atoms with Gasteiger partial charge >= 0.3 is 0 Å². The number of halogens is 1. The van der Waals surface area contributed by atoms with Gasteiger partial charge in [-0.05, 0) is 30.4 Å². The van der Waals surface area contributed by atoms with E-state index in [1.165, 1.54) is 24.0 Å². The van der Waals surface area contributed by atoms with E-state index < -0.39 is 0 Å². The maximum Gasteiger partial charge on any atom is 0.191 e. The van der Waals surface area contributed by atoms with Gasteiger partial charge in [-0.25, -0.2) is 0 Å². The zero-order valence-corrected chi connectivity index (χ0v) is 12.8. The van der Waals surface area contributed by atoms with Crippen molar-refractivity contribution >= 4 is 29.9 Å². The molecule has 0 saturated heterocycles. The standard InChI is InChI=1S/C14H19N3.HI/c1-2-5-13-11(4-1)6-7-12(13)10-17-14-15-8-3-9-16-14;/h1-2,4-5,12H,3,6-10H2,(H2,15,16,17);1H. The third-order valence-electron chi connectivity index (χ3n) is 3.67. The molecule has 1 aliphatic carbocycles. The SMILES string of the molecule is I.c1ccc2c(c1)CCC2CNC1=NCCCN1. The molecular formula is C14H20IN3. The van der Waals surface area contributed by atoms with Gasteiger partial charge in [0.2, 0.25) is 0 Å². The molecule has 1 heterocycles. The molecule has 2 aliphatic rings. The summed E-state index contributed by atoms with van der Waals surface area (Å²) in [6, 6.07) is 8.81. The van der Waals surface area contributed by atoms with Gasteiger partial charge in [0, 0.05) is 25.6 Å². The molecule has 0 aromatic heterocycles. The predicted molar refractivity (Wildman–Crippen MR) is 85.8 cm³/mol. The third kappa shape index (κ3) is 2.96. The molecule has 1 aromatic carbocycles. The first kappa shape index (κ1) is 13.6. The summed E-state index contributed by atoms with van der Waals surface area (Å²) in [5, 5.41) is 6.75. The number of benzene rings is 1. The van der Waals surface area contributed by atoms with Crippen LogP contribution in [-0.4, -0.2) is 25.6 Å². The van der Waals surface area contributed by atoms with Crippen molar-refractivity contribution < 1.29 is 0 Å². The van der Waals surface area contributed by atoms with Crippen LogP contribution in [0.3, 0.4) is 0 Å². The minimum atomic E-state index is 0. The number of aryl methyl sites for hydroxylation is 1. The Morgan fingerprint density at radius 3 is 3.06 bits per heavy atom. The second-order valence-corrected chi connectivity index (χ2v) is 4.83. The van der Waals surface area contributed by atoms with Gasteiger partial charge in [0.15, 0.2) is 5.96 Å². The Labute approximate surface area is 125 Å². The number of hydrogen-bond donors (Lipinski definition) is 2. The highest BCUT2D eigenvalue weighted by atomic mass is 127. The van der Waals surface area contributed by atoms with Gasteiger partial charge in [0.25, 0.3) is 0 Å². The number of fused-ring (bicyclic) bond motifs is 1. The van der Waals surface area contributed by atoms with Crippen molar-refractivity contribution in [3.63, 3.8) is 0 Å². The topological polar surface area (TPSA) is 36.4 Å². The first-order valence-electron chi connectivity index (χ1n) is 6.53. The maximum absolute atomic E-state index is 4.44. The summed E-state index contributed by atoms with van der Waals surface area (Å²) in [6.45, 7) is 3.01. The van der Waals surface area contributed by atoms with Gasteiger partial charge < -0.3 is 10.6 Å². The van der Waals surface area contributed by atoms with Crippen molar-refractivity contribution in [1.82, 2.24) is 10.6 Å². The molecule has 3 rings (SSSR count). The Kier molecular flexibility index (Phi) is 4.86. The van der Waals surface area contributed by atoms with Gasteiger partial charge in [-0.3, -0.25) is 4.99 Å². The summed E-state index contributed by atoms with van der Waals surface area (Å²) in [4.78, 5) is 4.44. The third-order valence-corrected chi connectivity index (χ3v) is 3.67. The number of nitrogens with zero attached hydrogens (tertiary/aromatic N) is 1. The van der Waals surface area contributed by atoms with E-state index in [1.54, 1.807) is 0 Å². The van der Waals surface area contributed by atoms with E-state index in [9.17, 15) is 0 Å². The smallest absolute Gasteiger partial charge is 0.191 e. The fraction of sp³-hybridized carbons (Fsp3) is 0.500. The molecule has 3 nitrogen and oxygen atoms in total. The molecule has 0 radical (unpaired) electrons. The Bertz CT molecular complexity index is 431. The van der Waals surface area contributed by atoms with Crippen LogP contribution in [0.5, 0.6) is 0 Å². The molecular weight excluding hydrogens is 337 g/mol. The second kappa shape index (κ2) is 6.41. The lowest BCUT2D eigenvalue weighted by Crippen LogP contribution is -2.42. The van der Waals surface area contributed by atoms with Crippen molar-refractivity contribution in [2.24, 2.45) is 4.99 Å². The van der Waals surface area contributed by atoms with Crippen LogP contribution in [0.4, 0.5) is 0 Å². The van der Waals surface area contributed by atoms with Gasteiger partial charge in [-0.15, -0.1) is 24.0 Å². The molecule has 0 bridgehead atoms. The molecule has 1 unspecified atom stereocenters. The molecule has 1 aromatic rings. The van der Waals surface area contributed by atoms with E-state index in [0.717, 1.165) is 32.0 Å².